The van der Waals surface area contributed by atoms with Crippen LogP contribution in [0.3, 0.4) is 0 Å². The van der Waals surface area contributed by atoms with E-state index >= 15 is 0 Å². The van der Waals surface area contributed by atoms with Crippen molar-refractivity contribution in [3.63, 3.8) is 0 Å². The molecule has 0 aromatic heterocycles. The van der Waals surface area contributed by atoms with E-state index in [2.05, 4.69) is 72.8 Å². The van der Waals surface area contributed by atoms with Gasteiger partial charge in [-0.25, -0.2) is 0 Å². The van der Waals surface area contributed by atoms with E-state index in [1.54, 1.807) is 7.11 Å². The third-order valence-electron chi connectivity index (χ3n) is 3.57. The monoisotopic (exact) mass is 380 g/mol. The van der Waals surface area contributed by atoms with Crippen molar-refractivity contribution in [1.29, 1.82) is 0 Å². The number of hydrogen-bond donors (Lipinski definition) is 0. The molecule has 0 saturated carbocycles. The lowest BCUT2D eigenvalue weighted by atomic mass is 9.94. The summed E-state index contributed by atoms with van der Waals surface area (Å²) in [4.78, 5) is 0. The molecule has 2 heteroatoms. The van der Waals surface area contributed by atoms with Crippen LogP contribution in [-0.2, 0) is 17.8 Å². The summed E-state index contributed by atoms with van der Waals surface area (Å²) in [6.07, 6.45) is 2.30. The molecule has 0 heterocycles. The number of rotatable bonds is 5. The minimum absolute atomic E-state index is 0.664. The molecule has 2 aromatic carbocycles. The van der Waals surface area contributed by atoms with Crippen molar-refractivity contribution in [3.8, 4) is 11.1 Å². The molecule has 0 unspecified atom stereocenters. The van der Waals surface area contributed by atoms with Gasteiger partial charge in [0.25, 0.3) is 0 Å². The smallest absolute Gasteiger partial charge is 0.0719 e. The van der Waals surface area contributed by atoms with E-state index in [4.69, 9.17) is 4.74 Å². The maximum atomic E-state index is 5.39. The predicted octanol–water partition coefficient (Wildman–Crippen LogP) is 5.37. The normalized spacial score (nSPS) is 10.8. The number of halogens is 1. The van der Waals surface area contributed by atoms with Crippen molar-refractivity contribution in [1.82, 2.24) is 0 Å². The molecule has 0 aliphatic carbocycles. The highest BCUT2D eigenvalue weighted by Gasteiger charge is 2.10. The van der Waals surface area contributed by atoms with Gasteiger partial charge in [-0.2, -0.15) is 0 Å². The predicted molar refractivity (Wildman–Crippen MR) is 94.0 cm³/mol. The minimum Gasteiger partial charge on any atom is -0.380 e. The van der Waals surface area contributed by atoms with Gasteiger partial charge in [-0.15, -0.1) is 0 Å². The Morgan fingerprint density at radius 2 is 1.90 bits per heavy atom. The summed E-state index contributed by atoms with van der Waals surface area (Å²) < 4.78 is 6.70. The van der Waals surface area contributed by atoms with Gasteiger partial charge < -0.3 is 4.74 Å². The quantitative estimate of drug-likeness (QED) is 0.634. The number of aryl methyl sites for hydroxylation is 1. The first kappa shape index (κ1) is 15.5. The molecule has 20 heavy (non-hydrogen) atoms. The maximum Gasteiger partial charge on any atom is 0.0719 e. The van der Waals surface area contributed by atoms with Crippen LogP contribution in [0.25, 0.3) is 11.1 Å². The second-order valence-electron chi connectivity index (χ2n) is 5.09. The largest absolute Gasteiger partial charge is 0.380 e. The average molecular weight is 380 g/mol. The number of methoxy groups -OCH3 is 1. The lowest BCUT2D eigenvalue weighted by Crippen LogP contribution is -1.97. The molecule has 0 radical (unpaired) electrons. The summed E-state index contributed by atoms with van der Waals surface area (Å²) in [5.74, 6) is 0. The van der Waals surface area contributed by atoms with Crippen molar-refractivity contribution in [2.45, 2.75) is 33.3 Å². The molecule has 2 aromatic rings. The zero-order valence-corrected chi connectivity index (χ0v) is 14.5. The molecule has 0 aliphatic heterocycles. The fourth-order valence-electron chi connectivity index (χ4n) is 2.53. The Hall–Kier alpha value is -0.870. The average Bonchev–Trinajstić information content (AvgIpc) is 2.44. The van der Waals surface area contributed by atoms with E-state index in [1.165, 1.54) is 37.8 Å². The van der Waals surface area contributed by atoms with Crippen LogP contribution in [0, 0.1) is 10.5 Å². The highest BCUT2D eigenvalue weighted by Crippen LogP contribution is 2.30. The third-order valence-corrected chi connectivity index (χ3v) is 4.73. The number of benzene rings is 2. The van der Waals surface area contributed by atoms with Crippen LogP contribution in [-0.4, -0.2) is 7.11 Å². The van der Waals surface area contributed by atoms with Crippen molar-refractivity contribution in [3.05, 3.63) is 56.7 Å². The fourth-order valence-corrected chi connectivity index (χ4v) is 3.03. The van der Waals surface area contributed by atoms with Crippen LogP contribution in [0.2, 0.25) is 0 Å². The third kappa shape index (κ3) is 3.41. The van der Waals surface area contributed by atoms with E-state index in [0.29, 0.717) is 6.61 Å². The molecule has 0 spiro atoms. The zero-order valence-electron chi connectivity index (χ0n) is 12.4. The first-order valence-corrected chi connectivity index (χ1v) is 8.11. The van der Waals surface area contributed by atoms with Crippen molar-refractivity contribution >= 4 is 22.6 Å². The molecule has 0 saturated heterocycles. The molecule has 0 amide bonds. The maximum absolute atomic E-state index is 5.39. The standard InChI is InChI=1S/C18H21IO/c1-4-6-14-9-10-17(15(11-14)12-20-3)16-7-5-8-18(19)13(16)2/h5,7-11H,4,6,12H2,1-3H3. The Morgan fingerprint density at radius 1 is 1.10 bits per heavy atom. The first-order chi connectivity index (χ1) is 9.67. The topological polar surface area (TPSA) is 9.23 Å². The van der Waals surface area contributed by atoms with Crippen molar-refractivity contribution in [2.24, 2.45) is 0 Å². The molecule has 2 rings (SSSR count). The van der Waals surface area contributed by atoms with Crippen LogP contribution < -0.4 is 0 Å². The van der Waals surface area contributed by atoms with Crippen LogP contribution in [0.5, 0.6) is 0 Å². The van der Waals surface area contributed by atoms with Gasteiger partial charge in [-0.3, -0.25) is 0 Å². The lowest BCUT2D eigenvalue weighted by Gasteiger charge is -2.14. The van der Waals surface area contributed by atoms with Gasteiger partial charge in [-0.05, 0) is 69.8 Å². The molecule has 0 N–H and O–H groups in total. The van der Waals surface area contributed by atoms with Gasteiger partial charge in [-0.1, -0.05) is 43.7 Å². The Morgan fingerprint density at radius 3 is 2.60 bits per heavy atom. The van der Waals surface area contributed by atoms with Gasteiger partial charge in [0, 0.05) is 10.7 Å². The van der Waals surface area contributed by atoms with Gasteiger partial charge in [0.05, 0.1) is 6.61 Å². The van der Waals surface area contributed by atoms with Crippen LogP contribution in [0.4, 0.5) is 0 Å². The summed E-state index contributed by atoms with van der Waals surface area (Å²) in [7, 11) is 1.76. The molecular weight excluding hydrogens is 359 g/mol. The van der Waals surface area contributed by atoms with E-state index < -0.39 is 0 Å². The van der Waals surface area contributed by atoms with Crippen molar-refractivity contribution < 1.29 is 4.74 Å². The van der Waals surface area contributed by atoms with E-state index in [9.17, 15) is 0 Å². The van der Waals surface area contributed by atoms with Crippen molar-refractivity contribution in [2.75, 3.05) is 7.11 Å². The van der Waals surface area contributed by atoms with Gasteiger partial charge in [0.1, 0.15) is 0 Å². The summed E-state index contributed by atoms with van der Waals surface area (Å²) in [6, 6.07) is 13.3. The number of ether oxygens (including phenoxy) is 1. The summed E-state index contributed by atoms with van der Waals surface area (Å²) in [5.41, 5.74) is 6.62. The summed E-state index contributed by atoms with van der Waals surface area (Å²) >= 11 is 2.40. The molecule has 0 fully saturated rings. The van der Waals surface area contributed by atoms with Crippen LogP contribution in [0.1, 0.15) is 30.0 Å². The summed E-state index contributed by atoms with van der Waals surface area (Å²) in [6.45, 7) is 5.07. The molecule has 0 aliphatic rings. The molecule has 1 nitrogen and oxygen atoms in total. The lowest BCUT2D eigenvalue weighted by molar-refractivity contribution is 0.185. The van der Waals surface area contributed by atoms with Gasteiger partial charge in [0.2, 0.25) is 0 Å². The molecule has 0 atom stereocenters. The van der Waals surface area contributed by atoms with E-state index in [1.807, 2.05) is 0 Å². The van der Waals surface area contributed by atoms with E-state index in [-0.39, 0.29) is 0 Å². The van der Waals surface area contributed by atoms with E-state index in [0.717, 1.165) is 6.42 Å². The van der Waals surface area contributed by atoms with Gasteiger partial charge >= 0.3 is 0 Å². The Balaban J connectivity index is 2.52. The fraction of sp³-hybridized carbons (Fsp3) is 0.333. The minimum atomic E-state index is 0.664. The number of hydrogen-bond acceptors (Lipinski definition) is 1. The highest BCUT2D eigenvalue weighted by molar-refractivity contribution is 14.1. The Kier molecular flexibility index (Phi) is 5.61. The van der Waals surface area contributed by atoms with Crippen LogP contribution >= 0.6 is 22.6 Å². The molecule has 0 bridgehead atoms. The highest BCUT2D eigenvalue weighted by atomic mass is 127. The second-order valence-corrected chi connectivity index (χ2v) is 6.25. The molecule has 106 valence electrons. The summed E-state index contributed by atoms with van der Waals surface area (Å²) in [5, 5.41) is 0. The Bertz CT molecular complexity index is 590. The van der Waals surface area contributed by atoms with Gasteiger partial charge in [0.15, 0.2) is 0 Å². The SMILES string of the molecule is CCCc1ccc(-c2cccc(I)c2C)c(COC)c1. The Labute approximate surface area is 135 Å². The molecular formula is C18H21IO. The first-order valence-electron chi connectivity index (χ1n) is 7.03. The van der Waals surface area contributed by atoms with Crippen LogP contribution in [0.15, 0.2) is 36.4 Å². The second kappa shape index (κ2) is 7.23. The zero-order chi connectivity index (χ0) is 14.5.